The van der Waals surface area contributed by atoms with Gasteiger partial charge in [0.05, 0.1) is 11.9 Å². The van der Waals surface area contributed by atoms with Crippen LogP contribution in [0.3, 0.4) is 0 Å². The maximum absolute atomic E-state index is 12.1. The van der Waals surface area contributed by atoms with Gasteiger partial charge in [0.15, 0.2) is 0 Å². The number of rotatable bonds is 3. The summed E-state index contributed by atoms with van der Waals surface area (Å²) in [7, 11) is 2.16. The molecule has 1 aliphatic heterocycles. The normalized spacial score (nSPS) is 16.4. The van der Waals surface area contributed by atoms with Gasteiger partial charge in [0, 0.05) is 17.2 Å². The lowest BCUT2D eigenvalue weighted by atomic mass is 9.93. The molecule has 4 heteroatoms. The van der Waals surface area contributed by atoms with Gasteiger partial charge in [-0.1, -0.05) is 18.2 Å². The molecular formula is C18H21N3O. The van der Waals surface area contributed by atoms with E-state index in [0.717, 1.165) is 37.3 Å². The zero-order chi connectivity index (χ0) is 15.4. The molecule has 1 saturated heterocycles. The first-order chi connectivity index (χ1) is 10.7. The second-order valence-corrected chi connectivity index (χ2v) is 5.87. The van der Waals surface area contributed by atoms with Gasteiger partial charge in [-0.15, -0.1) is 0 Å². The number of aromatic nitrogens is 1. The van der Waals surface area contributed by atoms with Gasteiger partial charge in [-0.3, -0.25) is 9.78 Å². The largest absolute Gasteiger partial charge is 0.321 e. The zero-order valence-electron chi connectivity index (χ0n) is 12.8. The lowest BCUT2D eigenvalue weighted by molar-refractivity contribution is 0.102. The minimum atomic E-state index is -0.102. The molecule has 0 saturated carbocycles. The lowest BCUT2D eigenvalue weighted by Gasteiger charge is -2.28. The van der Waals surface area contributed by atoms with Gasteiger partial charge in [0.2, 0.25) is 0 Å². The van der Waals surface area contributed by atoms with Crippen LogP contribution >= 0.6 is 0 Å². The summed E-state index contributed by atoms with van der Waals surface area (Å²) in [5.74, 6) is 0.435. The third kappa shape index (κ3) is 3.52. The first kappa shape index (κ1) is 14.7. The molecule has 1 aromatic carbocycles. The Morgan fingerprint density at radius 1 is 1.14 bits per heavy atom. The summed E-state index contributed by atoms with van der Waals surface area (Å²) in [6.07, 6.45) is 4.06. The number of anilines is 1. The van der Waals surface area contributed by atoms with Crippen molar-refractivity contribution in [3.05, 3.63) is 59.9 Å². The van der Waals surface area contributed by atoms with E-state index in [1.807, 2.05) is 30.3 Å². The van der Waals surface area contributed by atoms with Crippen molar-refractivity contribution in [2.75, 3.05) is 25.5 Å². The van der Waals surface area contributed by atoms with E-state index in [1.54, 1.807) is 18.3 Å². The number of nitrogens with zero attached hydrogens (tertiary/aromatic N) is 2. The highest BCUT2D eigenvalue weighted by molar-refractivity contribution is 6.04. The average Bonchev–Trinajstić information content (AvgIpc) is 2.57. The van der Waals surface area contributed by atoms with Crippen molar-refractivity contribution in [2.45, 2.75) is 18.8 Å². The van der Waals surface area contributed by atoms with Crippen LogP contribution in [0.1, 0.15) is 34.8 Å². The van der Waals surface area contributed by atoms with Crippen molar-refractivity contribution < 1.29 is 4.79 Å². The number of likely N-dealkylation sites (tertiary alicyclic amines) is 1. The predicted octanol–water partition coefficient (Wildman–Crippen LogP) is 3.14. The Morgan fingerprint density at radius 3 is 2.50 bits per heavy atom. The summed E-state index contributed by atoms with van der Waals surface area (Å²) < 4.78 is 0. The Bertz CT molecular complexity index is 617. The Balaban J connectivity index is 1.63. The van der Waals surface area contributed by atoms with E-state index in [-0.39, 0.29) is 5.91 Å². The van der Waals surface area contributed by atoms with E-state index in [9.17, 15) is 4.79 Å². The molecule has 4 nitrogen and oxygen atoms in total. The van der Waals surface area contributed by atoms with Gasteiger partial charge < -0.3 is 10.2 Å². The van der Waals surface area contributed by atoms with Crippen LogP contribution in [0.15, 0.2) is 48.7 Å². The third-order valence-electron chi connectivity index (χ3n) is 4.22. The maximum atomic E-state index is 12.1. The number of amides is 1. The minimum Gasteiger partial charge on any atom is -0.321 e. The van der Waals surface area contributed by atoms with Gasteiger partial charge in [-0.25, -0.2) is 0 Å². The predicted molar refractivity (Wildman–Crippen MR) is 88.1 cm³/mol. The van der Waals surface area contributed by atoms with Crippen molar-refractivity contribution in [3.8, 4) is 0 Å². The number of hydrogen-bond acceptors (Lipinski definition) is 3. The molecule has 2 aromatic rings. The number of hydrogen-bond donors (Lipinski definition) is 1. The summed E-state index contributed by atoms with van der Waals surface area (Å²) in [5, 5.41) is 2.89. The number of pyridine rings is 1. The minimum absolute atomic E-state index is 0.102. The summed E-state index contributed by atoms with van der Waals surface area (Å²) in [6, 6.07) is 13.2. The molecule has 0 radical (unpaired) electrons. The second-order valence-electron chi connectivity index (χ2n) is 5.87. The maximum Gasteiger partial charge on any atom is 0.255 e. The van der Waals surface area contributed by atoms with Crippen molar-refractivity contribution in [2.24, 2.45) is 0 Å². The summed E-state index contributed by atoms with van der Waals surface area (Å²) >= 11 is 0. The van der Waals surface area contributed by atoms with Crippen LogP contribution < -0.4 is 5.32 Å². The van der Waals surface area contributed by atoms with E-state index in [4.69, 9.17) is 0 Å². The van der Waals surface area contributed by atoms with Gasteiger partial charge in [-0.05, 0) is 57.2 Å². The highest BCUT2D eigenvalue weighted by Gasteiger charge is 2.19. The Morgan fingerprint density at radius 2 is 1.86 bits per heavy atom. The molecule has 0 unspecified atom stereocenters. The van der Waals surface area contributed by atoms with Crippen LogP contribution in [0.5, 0.6) is 0 Å². The van der Waals surface area contributed by atoms with E-state index in [2.05, 4.69) is 22.2 Å². The molecule has 0 aliphatic carbocycles. The van der Waals surface area contributed by atoms with Crippen molar-refractivity contribution in [1.82, 2.24) is 9.88 Å². The Hall–Kier alpha value is -2.20. The molecular weight excluding hydrogens is 274 g/mol. The number of piperidine rings is 1. The fraction of sp³-hybridized carbons (Fsp3) is 0.333. The molecule has 114 valence electrons. The topological polar surface area (TPSA) is 45.2 Å². The molecule has 22 heavy (non-hydrogen) atoms. The molecule has 0 spiro atoms. The standard InChI is InChI=1S/C18H21N3O/c1-21-11-9-14(10-12-21)17-8-7-16(13-19-17)20-18(22)15-5-3-2-4-6-15/h2-8,13-14H,9-12H2,1H3,(H,20,22). The van der Waals surface area contributed by atoms with Crippen molar-refractivity contribution >= 4 is 11.6 Å². The summed E-state index contributed by atoms with van der Waals surface area (Å²) in [5.41, 5.74) is 2.53. The number of carbonyl (C=O) groups excluding carboxylic acids is 1. The Labute approximate surface area is 131 Å². The smallest absolute Gasteiger partial charge is 0.255 e. The fourth-order valence-corrected chi connectivity index (χ4v) is 2.82. The molecule has 0 atom stereocenters. The fourth-order valence-electron chi connectivity index (χ4n) is 2.82. The van der Waals surface area contributed by atoms with Crippen LogP contribution in [-0.2, 0) is 0 Å². The first-order valence-corrected chi connectivity index (χ1v) is 7.73. The van der Waals surface area contributed by atoms with E-state index in [0.29, 0.717) is 11.5 Å². The van der Waals surface area contributed by atoms with Crippen LogP contribution in [0.2, 0.25) is 0 Å². The first-order valence-electron chi connectivity index (χ1n) is 7.73. The van der Waals surface area contributed by atoms with Crippen LogP contribution in [0.25, 0.3) is 0 Å². The third-order valence-corrected chi connectivity index (χ3v) is 4.22. The Kier molecular flexibility index (Phi) is 4.49. The van der Waals surface area contributed by atoms with E-state index in [1.165, 1.54) is 0 Å². The van der Waals surface area contributed by atoms with E-state index >= 15 is 0 Å². The molecule has 2 heterocycles. The second kappa shape index (κ2) is 6.71. The van der Waals surface area contributed by atoms with Crippen LogP contribution in [0.4, 0.5) is 5.69 Å². The molecule has 1 amide bonds. The van der Waals surface area contributed by atoms with Gasteiger partial charge in [-0.2, -0.15) is 0 Å². The molecule has 3 rings (SSSR count). The van der Waals surface area contributed by atoms with Crippen LogP contribution in [-0.4, -0.2) is 35.9 Å². The number of carbonyl (C=O) groups is 1. The highest BCUT2D eigenvalue weighted by Crippen LogP contribution is 2.26. The summed E-state index contributed by atoms with van der Waals surface area (Å²) in [4.78, 5) is 19.0. The van der Waals surface area contributed by atoms with Gasteiger partial charge in [0.25, 0.3) is 5.91 Å². The SMILES string of the molecule is CN1CCC(c2ccc(NC(=O)c3ccccc3)cn2)CC1. The number of nitrogens with one attached hydrogen (secondary N) is 1. The van der Waals surface area contributed by atoms with E-state index < -0.39 is 0 Å². The molecule has 1 fully saturated rings. The van der Waals surface area contributed by atoms with Gasteiger partial charge >= 0.3 is 0 Å². The van der Waals surface area contributed by atoms with Crippen LogP contribution in [0, 0.1) is 0 Å². The molecule has 1 N–H and O–H groups in total. The lowest BCUT2D eigenvalue weighted by Crippen LogP contribution is -2.29. The van der Waals surface area contributed by atoms with Gasteiger partial charge in [0.1, 0.15) is 0 Å². The highest BCUT2D eigenvalue weighted by atomic mass is 16.1. The zero-order valence-corrected chi connectivity index (χ0v) is 12.8. The van der Waals surface area contributed by atoms with Crippen molar-refractivity contribution in [1.29, 1.82) is 0 Å². The monoisotopic (exact) mass is 295 g/mol. The quantitative estimate of drug-likeness (QED) is 0.946. The van der Waals surface area contributed by atoms with Crippen molar-refractivity contribution in [3.63, 3.8) is 0 Å². The summed E-state index contributed by atoms with van der Waals surface area (Å²) in [6.45, 7) is 2.25. The molecule has 1 aliphatic rings. The number of benzene rings is 1. The molecule has 0 bridgehead atoms. The average molecular weight is 295 g/mol. The molecule has 1 aromatic heterocycles.